The van der Waals surface area contributed by atoms with E-state index in [0.29, 0.717) is 17.3 Å². The van der Waals surface area contributed by atoms with Crippen LogP contribution in [0.2, 0.25) is 0 Å². The summed E-state index contributed by atoms with van der Waals surface area (Å²) in [4.78, 5) is 41.4. The number of urea groups is 1. The van der Waals surface area contributed by atoms with Crippen LogP contribution < -0.4 is 33.6 Å². The Morgan fingerprint density at radius 3 is 2.12 bits per heavy atom. The molecule has 1 saturated heterocycles. The normalized spacial score (nSPS) is 12.1. The van der Waals surface area contributed by atoms with E-state index in [2.05, 4.69) is 29.6 Å². The SMILES string of the molecule is NCC(=O)CNC(=O)CCCS.NNC(=O)NN.O=C1CCCS1. The lowest BCUT2D eigenvalue weighted by molar-refractivity contribution is -0.124. The van der Waals surface area contributed by atoms with E-state index in [4.69, 9.17) is 5.73 Å². The predicted molar refractivity (Wildman–Crippen MR) is 96.9 cm³/mol. The molecule has 0 bridgehead atoms. The number of hydrazine groups is 2. The van der Waals surface area contributed by atoms with Gasteiger partial charge in [0.2, 0.25) is 5.91 Å². The summed E-state index contributed by atoms with van der Waals surface area (Å²) in [5.74, 6) is 10.5. The Hall–Kier alpha value is -1.34. The fourth-order valence-corrected chi connectivity index (χ4v) is 2.08. The summed E-state index contributed by atoms with van der Waals surface area (Å²) < 4.78 is 0. The van der Waals surface area contributed by atoms with Crippen LogP contribution >= 0.6 is 24.4 Å². The minimum absolute atomic E-state index is 0.0210. The maximum absolute atomic E-state index is 10.9. The number of hydrogen-bond acceptors (Lipinski definition) is 9. The largest absolute Gasteiger partial charge is 0.349 e. The van der Waals surface area contributed by atoms with Crippen LogP contribution in [0.15, 0.2) is 0 Å². The first-order valence-electron chi connectivity index (χ1n) is 7.13. The molecule has 3 amide bonds. The van der Waals surface area contributed by atoms with Crippen molar-refractivity contribution in [1.29, 1.82) is 0 Å². The van der Waals surface area contributed by atoms with Gasteiger partial charge >= 0.3 is 6.03 Å². The van der Waals surface area contributed by atoms with E-state index in [1.54, 1.807) is 10.9 Å². The van der Waals surface area contributed by atoms with E-state index >= 15 is 0 Å². The highest BCUT2D eigenvalue weighted by Gasteiger charge is 2.08. The monoisotopic (exact) mass is 382 g/mol. The maximum atomic E-state index is 10.9. The zero-order valence-corrected chi connectivity index (χ0v) is 15.1. The number of amides is 3. The summed E-state index contributed by atoms with van der Waals surface area (Å²) in [6, 6.07) is -0.602. The maximum Gasteiger partial charge on any atom is 0.343 e. The van der Waals surface area contributed by atoms with Crippen molar-refractivity contribution in [2.24, 2.45) is 17.4 Å². The molecule has 9 N–H and O–H groups in total. The highest BCUT2D eigenvalue weighted by atomic mass is 32.2. The zero-order chi connectivity index (χ0) is 18.8. The Morgan fingerprint density at radius 1 is 1.21 bits per heavy atom. The Bertz CT molecular complexity index is 382. The van der Waals surface area contributed by atoms with Gasteiger partial charge in [-0.3, -0.25) is 25.2 Å². The second kappa shape index (κ2) is 18.0. The van der Waals surface area contributed by atoms with Crippen molar-refractivity contribution in [2.75, 3.05) is 24.6 Å². The van der Waals surface area contributed by atoms with Gasteiger partial charge in [-0.25, -0.2) is 16.5 Å². The van der Waals surface area contributed by atoms with Gasteiger partial charge in [0.15, 0.2) is 10.9 Å². The van der Waals surface area contributed by atoms with Gasteiger partial charge in [-0.2, -0.15) is 12.6 Å². The number of hydrogen-bond donors (Lipinski definition) is 7. The summed E-state index contributed by atoms with van der Waals surface area (Å²) in [7, 11) is 0. The molecule has 24 heavy (non-hydrogen) atoms. The van der Waals surface area contributed by atoms with Crippen molar-refractivity contribution in [3.05, 3.63) is 0 Å². The third kappa shape index (κ3) is 18.7. The van der Waals surface area contributed by atoms with E-state index in [-0.39, 0.29) is 24.8 Å². The molecule has 0 aliphatic carbocycles. The Morgan fingerprint density at radius 2 is 1.83 bits per heavy atom. The lowest BCUT2D eigenvalue weighted by atomic mass is 10.3. The van der Waals surface area contributed by atoms with Crippen molar-refractivity contribution in [3.8, 4) is 0 Å². The molecule has 0 radical (unpaired) electrons. The molecule has 0 aromatic heterocycles. The van der Waals surface area contributed by atoms with Crippen molar-refractivity contribution >= 4 is 47.2 Å². The van der Waals surface area contributed by atoms with Crippen LogP contribution in [-0.2, 0) is 14.4 Å². The first kappa shape index (κ1) is 24.9. The number of carbonyl (C=O) groups excluding carboxylic acids is 4. The number of Topliss-reactive ketones (excluding diaryl/α,β-unsaturated/α-hetero) is 1. The standard InChI is InChI=1S/C7H14N2O2S.C4H6OS.CH6N4O/c8-4-6(10)5-9-7(11)2-1-3-12;5-4-2-1-3-6-4;2-4-1(6)5-3/h12H,1-5,8H2,(H,9,11);1-3H2;2-3H2,(H2,4,5,6). The topological polar surface area (TPSA) is 182 Å². The second-order valence-electron chi connectivity index (χ2n) is 4.29. The van der Waals surface area contributed by atoms with Crippen molar-refractivity contribution in [3.63, 3.8) is 0 Å². The second-order valence-corrected chi connectivity index (χ2v) is 5.89. The lowest BCUT2D eigenvalue weighted by Crippen LogP contribution is -2.43. The Labute approximate surface area is 150 Å². The van der Waals surface area contributed by atoms with Gasteiger partial charge in [0.1, 0.15) is 0 Å². The average molecular weight is 383 g/mol. The van der Waals surface area contributed by atoms with Crippen LogP contribution in [0.1, 0.15) is 25.7 Å². The molecule has 0 spiro atoms. The summed E-state index contributed by atoms with van der Waals surface area (Å²) in [5, 5.41) is 2.84. The highest BCUT2D eigenvalue weighted by Crippen LogP contribution is 2.17. The molecule has 0 unspecified atom stereocenters. The van der Waals surface area contributed by atoms with Crippen LogP contribution in [0, 0.1) is 0 Å². The molecule has 1 fully saturated rings. The van der Waals surface area contributed by atoms with Crippen LogP contribution in [0.3, 0.4) is 0 Å². The highest BCUT2D eigenvalue weighted by molar-refractivity contribution is 8.14. The summed E-state index contributed by atoms with van der Waals surface area (Å²) in [6.07, 6.45) is 3.06. The number of rotatable bonds is 6. The molecule has 10 nitrogen and oxygen atoms in total. The molecular weight excluding hydrogens is 356 g/mol. The molecular formula is C12H26N6O4S2. The molecule has 0 atom stereocenters. The quantitative estimate of drug-likeness (QED) is 0.124. The minimum Gasteiger partial charge on any atom is -0.349 e. The molecule has 1 heterocycles. The number of nitrogens with one attached hydrogen (secondary N) is 3. The Balaban J connectivity index is 0. The average Bonchev–Trinajstić information content (AvgIpc) is 3.08. The van der Waals surface area contributed by atoms with Gasteiger partial charge in [-0.15, -0.1) is 0 Å². The van der Waals surface area contributed by atoms with E-state index in [0.717, 1.165) is 25.0 Å². The van der Waals surface area contributed by atoms with E-state index in [1.807, 2.05) is 0 Å². The minimum atomic E-state index is -0.602. The summed E-state index contributed by atoms with van der Waals surface area (Å²) >= 11 is 5.41. The van der Waals surface area contributed by atoms with Crippen LogP contribution in [0.4, 0.5) is 4.79 Å². The molecule has 140 valence electrons. The first-order chi connectivity index (χ1) is 11.4. The molecule has 12 heteroatoms. The number of thiol groups is 1. The van der Waals surface area contributed by atoms with Crippen LogP contribution in [-0.4, -0.2) is 47.4 Å². The van der Waals surface area contributed by atoms with E-state index in [1.165, 1.54) is 11.8 Å². The van der Waals surface area contributed by atoms with Gasteiger partial charge in [0, 0.05) is 18.6 Å². The smallest absolute Gasteiger partial charge is 0.343 e. The first-order valence-corrected chi connectivity index (χ1v) is 8.75. The number of carbonyl (C=O) groups is 4. The molecule has 0 saturated carbocycles. The van der Waals surface area contributed by atoms with Crippen LogP contribution in [0.25, 0.3) is 0 Å². The van der Waals surface area contributed by atoms with Crippen LogP contribution in [0.5, 0.6) is 0 Å². The van der Waals surface area contributed by atoms with Gasteiger partial charge < -0.3 is 11.1 Å². The van der Waals surface area contributed by atoms with Gasteiger partial charge in [-0.1, -0.05) is 11.8 Å². The lowest BCUT2D eigenvalue weighted by Gasteiger charge is -2.01. The summed E-state index contributed by atoms with van der Waals surface area (Å²) in [6.45, 7) is 0.0226. The molecule has 1 rings (SSSR count). The number of thioether (sulfide) groups is 1. The fraction of sp³-hybridized carbons (Fsp3) is 0.667. The van der Waals surface area contributed by atoms with Gasteiger partial charge in [0.25, 0.3) is 0 Å². The van der Waals surface area contributed by atoms with Crippen molar-refractivity contribution in [1.82, 2.24) is 16.2 Å². The van der Waals surface area contributed by atoms with E-state index < -0.39 is 6.03 Å². The molecule has 0 aromatic carbocycles. The van der Waals surface area contributed by atoms with Crippen molar-refractivity contribution < 1.29 is 19.2 Å². The van der Waals surface area contributed by atoms with Gasteiger partial charge in [-0.05, 0) is 18.6 Å². The van der Waals surface area contributed by atoms with E-state index in [9.17, 15) is 19.2 Å². The molecule has 0 aromatic rings. The third-order valence-electron chi connectivity index (χ3n) is 2.32. The van der Waals surface area contributed by atoms with Gasteiger partial charge in [0.05, 0.1) is 13.1 Å². The third-order valence-corrected chi connectivity index (χ3v) is 3.66. The molecule has 1 aliphatic rings. The summed E-state index contributed by atoms with van der Waals surface area (Å²) in [5.41, 5.74) is 8.52. The fourth-order valence-electron chi connectivity index (χ4n) is 1.11. The Kier molecular flexibility index (Phi) is 18.7. The zero-order valence-electron chi connectivity index (χ0n) is 13.4. The predicted octanol–water partition coefficient (Wildman–Crippen LogP) is -1.59. The van der Waals surface area contributed by atoms with Crippen molar-refractivity contribution in [2.45, 2.75) is 25.7 Å². The number of ketones is 1. The number of nitrogens with two attached hydrogens (primary N) is 3. The molecule has 1 aliphatic heterocycles.